The van der Waals surface area contributed by atoms with Gasteiger partial charge in [0.25, 0.3) is 0 Å². The molecule has 0 aliphatic rings. The first kappa shape index (κ1) is 8.55. The van der Waals surface area contributed by atoms with Gasteiger partial charge >= 0.3 is 10.4 Å². The summed E-state index contributed by atoms with van der Waals surface area (Å²) < 4.78 is 33.9. The van der Waals surface area contributed by atoms with E-state index in [0.717, 1.165) is 0 Å². The van der Waals surface area contributed by atoms with Crippen molar-refractivity contribution in [3.8, 4) is 0 Å². The molecule has 0 aromatic heterocycles. The first-order valence-corrected chi connectivity index (χ1v) is 3.79. The second-order valence-corrected chi connectivity index (χ2v) is 2.60. The predicted octanol–water partition coefficient (Wildman–Crippen LogP) is 1.07. The maximum Gasteiger partial charge on any atom is 0.417 e. The van der Waals surface area contributed by atoms with Gasteiger partial charge in [0.05, 0.1) is 0 Å². The molecule has 54 valence electrons. The van der Waals surface area contributed by atoms with Gasteiger partial charge in [0.15, 0.2) is 0 Å². The second-order valence-electron chi connectivity index (χ2n) is 1.59. The summed E-state index contributed by atoms with van der Waals surface area (Å²) in [6.45, 7) is 3.15. The summed E-state index contributed by atoms with van der Waals surface area (Å²) in [6.07, 6.45) is 0.448. The van der Waals surface area contributed by atoms with Crippen LogP contribution in [0.2, 0.25) is 0 Å². The lowest BCUT2D eigenvalue weighted by atomic mass is 10.3. The van der Waals surface area contributed by atoms with E-state index in [1.54, 1.807) is 6.92 Å². The average molecular weight is 153 g/mol. The van der Waals surface area contributed by atoms with Crippen LogP contribution in [0.15, 0.2) is 4.40 Å². The zero-order valence-electron chi connectivity index (χ0n) is 5.26. The molecule has 0 unspecified atom stereocenters. The Hall–Kier alpha value is -0.450. The van der Waals surface area contributed by atoms with Gasteiger partial charge in [-0.1, -0.05) is 10.8 Å². The van der Waals surface area contributed by atoms with Crippen molar-refractivity contribution >= 4 is 16.1 Å². The van der Waals surface area contributed by atoms with Crippen LogP contribution in [0, 0.1) is 0 Å². The molecule has 0 aliphatic carbocycles. The van der Waals surface area contributed by atoms with Gasteiger partial charge in [0.1, 0.15) is 0 Å². The van der Waals surface area contributed by atoms with E-state index in [-0.39, 0.29) is 5.71 Å². The van der Waals surface area contributed by atoms with Crippen molar-refractivity contribution < 1.29 is 12.3 Å². The van der Waals surface area contributed by atoms with E-state index in [1.165, 1.54) is 6.92 Å². The van der Waals surface area contributed by atoms with Crippen molar-refractivity contribution in [2.24, 2.45) is 4.40 Å². The van der Waals surface area contributed by atoms with Gasteiger partial charge in [0, 0.05) is 5.71 Å². The largest absolute Gasteiger partial charge is 0.417 e. The Morgan fingerprint density at radius 2 is 2.11 bits per heavy atom. The molecule has 0 aromatic carbocycles. The zero-order chi connectivity index (χ0) is 7.49. The normalized spacial score (nSPS) is 13.9. The Morgan fingerprint density at radius 3 is 2.22 bits per heavy atom. The standard InChI is InChI=1S/C4H8FNO2S/c1-3-4(2)6-9(5,7)8/h3H2,1-2H3. The quantitative estimate of drug-likeness (QED) is 0.440. The second kappa shape index (κ2) is 2.91. The fourth-order valence-electron chi connectivity index (χ4n) is 0.251. The summed E-state index contributed by atoms with van der Waals surface area (Å²) in [6, 6.07) is 0. The van der Waals surface area contributed by atoms with E-state index < -0.39 is 10.4 Å². The molecule has 0 radical (unpaired) electrons. The summed E-state index contributed by atoms with van der Waals surface area (Å²) >= 11 is 0. The lowest BCUT2D eigenvalue weighted by Crippen LogP contribution is -1.92. The minimum atomic E-state index is -4.65. The maximum absolute atomic E-state index is 11.6. The van der Waals surface area contributed by atoms with Gasteiger partial charge in [-0.2, -0.15) is 8.42 Å². The SMILES string of the molecule is CCC(C)=NS(=O)(=O)F. The first-order valence-electron chi connectivity index (χ1n) is 2.45. The van der Waals surface area contributed by atoms with Gasteiger partial charge in [-0.3, -0.25) is 0 Å². The average Bonchev–Trinajstić information content (AvgIpc) is 1.62. The van der Waals surface area contributed by atoms with Gasteiger partial charge in [-0.25, -0.2) is 0 Å². The van der Waals surface area contributed by atoms with Crippen LogP contribution in [0.25, 0.3) is 0 Å². The maximum atomic E-state index is 11.6. The van der Waals surface area contributed by atoms with Crippen molar-refractivity contribution in [2.75, 3.05) is 0 Å². The molecule has 0 saturated carbocycles. The zero-order valence-corrected chi connectivity index (χ0v) is 6.07. The monoisotopic (exact) mass is 153 g/mol. The molecule has 9 heavy (non-hydrogen) atoms. The highest BCUT2D eigenvalue weighted by molar-refractivity contribution is 7.85. The van der Waals surface area contributed by atoms with E-state index in [9.17, 15) is 12.3 Å². The summed E-state index contributed by atoms with van der Waals surface area (Å²) in [7, 11) is -4.65. The molecule has 0 saturated heterocycles. The van der Waals surface area contributed by atoms with E-state index in [2.05, 4.69) is 4.40 Å². The van der Waals surface area contributed by atoms with Crippen molar-refractivity contribution in [2.45, 2.75) is 20.3 Å². The van der Waals surface area contributed by atoms with Gasteiger partial charge in [0.2, 0.25) is 0 Å². The van der Waals surface area contributed by atoms with Crippen LogP contribution in [0.4, 0.5) is 3.89 Å². The minimum absolute atomic E-state index is 0.275. The first-order chi connectivity index (χ1) is 3.95. The van der Waals surface area contributed by atoms with E-state index in [1.807, 2.05) is 0 Å². The molecule has 0 N–H and O–H groups in total. The summed E-state index contributed by atoms with van der Waals surface area (Å²) in [5.41, 5.74) is 0.275. The van der Waals surface area contributed by atoms with Crippen molar-refractivity contribution in [3.05, 3.63) is 0 Å². The number of halogens is 1. The lowest BCUT2D eigenvalue weighted by molar-refractivity contribution is 0.554. The van der Waals surface area contributed by atoms with Gasteiger partial charge in [-0.05, 0) is 13.3 Å². The molecule has 0 bridgehead atoms. The number of nitrogens with zero attached hydrogens (tertiary/aromatic N) is 1. The topological polar surface area (TPSA) is 46.5 Å². The highest BCUT2D eigenvalue weighted by atomic mass is 32.3. The van der Waals surface area contributed by atoms with Crippen LogP contribution in [-0.2, 0) is 10.4 Å². The van der Waals surface area contributed by atoms with Crippen LogP contribution < -0.4 is 0 Å². The summed E-state index contributed by atoms with van der Waals surface area (Å²) in [5.74, 6) is 0. The smallest absolute Gasteiger partial charge is 0.170 e. The molecule has 0 atom stereocenters. The molecule has 0 amide bonds. The number of hydrogen-bond acceptors (Lipinski definition) is 2. The molecule has 5 heteroatoms. The fraction of sp³-hybridized carbons (Fsp3) is 0.750. The molecule has 0 fully saturated rings. The molecule has 0 aliphatic heterocycles. The number of hydrogen-bond donors (Lipinski definition) is 0. The Morgan fingerprint density at radius 1 is 1.67 bits per heavy atom. The van der Waals surface area contributed by atoms with E-state index >= 15 is 0 Å². The van der Waals surface area contributed by atoms with Gasteiger partial charge in [-0.15, -0.1) is 4.40 Å². The van der Waals surface area contributed by atoms with E-state index in [4.69, 9.17) is 0 Å². The van der Waals surface area contributed by atoms with Crippen molar-refractivity contribution in [1.29, 1.82) is 0 Å². The third kappa shape index (κ3) is 5.42. The molecular weight excluding hydrogens is 145 g/mol. The van der Waals surface area contributed by atoms with Crippen LogP contribution in [0.1, 0.15) is 20.3 Å². The molecule has 0 spiro atoms. The summed E-state index contributed by atoms with van der Waals surface area (Å²) in [5, 5.41) is 0. The Balaban J connectivity index is 4.32. The Kier molecular flexibility index (Phi) is 2.76. The number of rotatable bonds is 2. The molecule has 0 heterocycles. The third-order valence-corrected chi connectivity index (χ3v) is 1.31. The molecule has 0 rings (SSSR count). The van der Waals surface area contributed by atoms with Crippen LogP contribution >= 0.6 is 0 Å². The third-order valence-electron chi connectivity index (χ3n) is 0.777. The predicted molar refractivity (Wildman–Crippen MR) is 33.4 cm³/mol. The fourth-order valence-corrected chi connectivity index (χ4v) is 0.752. The van der Waals surface area contributed by atoms with Crippen LogP contribution in [0.5, 0.6) is 0 Å². The Labute approximate surface area is 54.0 Å². The van der Waals surface area contributed by atoms with Crippen molar-refractivity contribution in [1.82, 2.24) is 0 Å². The lowest BCUT2D eigenvalue weighted by Gasteiger charge is -1.87. The van der Waals surface area contributed by atoms with E-state index in [0.29, 0.717) is 6.42 Å². The minimum Gasteiger partial charge on any atom is -0.170 e. The highest BCUT2D eigenvalue weighted by Gasteiger charge is 2.01. The van der Waals surface area contributed by atoms with Gasteiger partial charge < -0.3 is 0 Å². The van der Waals surface area contributed by atoms with Crippen LogP contribution in [-0.4, -0.2) is 14.1 Å². The summed E-state index contributed by atoms with van der Waals surface area (Å²) in [4.78, 5) is 0. The van der Waals surface area contributed by atoms with Crippen LogP contribution in [0.3, 0.4) is 0 Å². The molecule has 3 nitrogen and oxygen atoms in total. The highest BCUT2D eigenvalue weighted by Crippen LogP contribution is 1.95. The Bertz CT molecular complexity index is 207. The molecule has 0 aromatic rings. The van der Waals surface area contributed by atoms with Crippen molar-refractivity contribution in [3.63, 3.8) is 0 Å². The molecular formula is C4H8FNO2S.